The number of unbranched alkanes of at least 4 members (excludes halogenated alkanes) is 3. The number of carbonyl (C=O) groups excluding carboxylic acids is 2. The lowest BCUT2D eigenvalue weighted by Crippen LogP contribution is -2.18. The summed E-state index contributed by atoms with van der Waals surface area (Å²) in [5.41, 5.74) is 0. The summed E-state index contributed by atoms with van der Waals surface area (Å²) in [5.74, 6) is 0.309. The number of rotatable bonds is 15. The van der Waals surface area contributed by atoms with Crippen LogP contribution in [0.3, 0.4) is 0 Å². The molecule has 0 saturated heterocycles. The van der Waals surface area contributed by atoms with Crippen LogP contribution in [0.15, 0.2) is 0 Å². The second-order valence-electron chi connectivity index (χ2n) is 7.53. The molecule has 4 nitrogen and oxygen atoms in total. The van der Waals surface area contributed by atoms with Gasteiger partial charge in [0.1, 0.15) is 6.10 Å². The van der Waals surface area contributed by atoms with Crippen LogP contribution in [0.1, 0.15) is 105 Å². The van der Waals surface area contributed by atoms with Gasteiger partial charge in [-0.05, 0) is 44.9 Å². The Morgan fingerprint density at radius 1 is 0.760 bits per heavy atom. The fourth-order valence-electron chi connectivity index (χ4n) is 2.97. The van der Waals surface area contributed by atoms with Crippen molar-refractivity contribution in [2.45, 2.75) is 117 Å². The molecule has 0 amide bonds. The van der Waals surface area contributed by atoms with Crippen LogP contribution in [-0.4, -0.2) is 24.1 Å². The number of ether oxygens (including phenoxy) is 2. The Morgan fingerprint density at radius 3 is 1.88 bits per heavy atom. The van der Waals surface area contributed by atoms with E-state index >= 15 is 0 Å². The van der Waals surface area contributed by atoms with Gasteiger partial charge in [-0.2, -0.15) is 0 Å². The van der Waals surface area contributed by atoms with Gasteiger partial charge in [-0.25, -0.2) is 0 Å². The van der Waals surface area contributed by atoms with E-state index in [1.165, 1.54) is 0 Å². The van der Waals surface area contributed by atoms with E-state index in [4.69, 9.17) is 9.47 Å². The van der Waals surface area contributed by atoms with Gasteiger partial charge >= 0.3 is 11.9 Å². The van der Waals surface area contributed by atoms with Gasteiger partial charge in [0.25, 0.3) is 0 Å². The molecule has 0 aromatic rings. The average Bonchev–Trinajstić information content (AvgIpc) is 2.51. The lowest BCUT2D eigenvalue weighted by molar-refractivity contribution is -0.150. The lowest BCUT2D eigenvalue weighted by Gasteiger charge is -2.17. The minimum atomic E-state index is -0.127. The second kappa shape index (κ2) is 15.2. The first-order valence-corrected chi connectivity index (χ1v) is 10.3. The molecule has 0 saturated carbocycles. The predicted molar refractivity (Wildman–Crippen MR) is 102 cm³/mol. The lowest BCUT2D eigenvalue weighted by atomic mass is 10.1. The van der Waals surface area contributed by atoms with E-state index in [2.05, 4.69) is 27.7 Å². The first-order chi connectivity index (χ1) is 11.9. The smallest absolute Gasteiger partial charge is 0.306 e. The molecule has 0 radical (unpaired) electrons. The number of carbonyl (C=O) groups is 2. The highest BCUT2D eigenvalue weighted by molar-refractivity contribution is 5.70. The second-order valence-corrected chi connectivity index (χ2v) is 7.53. The Balaban J connectivity index is 3.78. The van der Waals surface area contributed by atoms with Crippen LogP contribution in [0.25, 0.3) is 0 Å². The maximum Gasteiger partial charge on any atom is 0.306 e. The summed E-state index contributed by atoms with van der Waals surface area (Å²) in [7, 11) is 0. The molecule has 0 aliphatic heterocycles. The Labute approximate surface area is 155 Å². The van der Waals surface area contributed by atoms with Crippen LogP contribution >= 0.6 is 0 Å². The van der Waals surface area contributed by atoms with E-state index in [9.17, 15) is 9.59 Å². The highest BCUT2D eigenvalue weighted by atomic mass is 16.5. The molecule has 0 bridgehead atoms. The van der Waals surface area contributed by atoms with E-state index in [1.54, 1.807) is 0 Å². The molecule has 0 aromatic heterocycles. The van der Waals surface area contributed by atoms with Crippen LogP contribution in [0, 0.1) is 5.92 Å². The summed E-state index contributed by atoms with van der Waals surface area (Å²) >= 11 is 0. The SMILES string of the molecule is CCCCC(CCC)OC(=O)CCCCCC(=O)OC(C)CC(C)C. The fraction of sp³-hybridized carbons (Fsp3) is 0.905. The van der Waals surface area contributed by atoms with Gasteiger partial charge in [0.15, 0.2) is 0 Å². The van der Waals surface area contributed by atoms with Crippen molar-refractivity contribution < 1.29 is 19.1 Å². The molecule has 0 aliphatic rings. The van der Waals surface area contributed by atoms with E-state index in [1.807, 2.05) is 6.92 Å². The third-order valence-electron chi connectivity index (χ3n) is 4.19. The van der Waals surface area contributed by atoms with Crippen molar-refractivity contribution >= 4 is 11.9 Å². The summed E-state index contributed by atoms with van der Waals surface area (Å²) in [6, 6.07) is 0. The fourth-order valence-corrected chi connectivity index (χ4v) is 2.97. The van der Waals surface area contributed by atoms with Crippen LogP contribution in [0.5, 0.6) is 0 Å². The molecule has 2 atom stereocenters. The van der Waals surface area contributed by atoms with Gasteiger partial charge in [-0.15, -0.1) is 0 Å². The van der Waals surface area contributed by atoms with E-state index in [0.717, 1.165) is 57.8 Å². The zero-order chi connectivity index (χ0) is 19.1. The van der Waals surface area contributed by atoms with Crippen molar-refractivity contribution in [3.05, 3.63) is 0 Å². The van der Waals surface area contributed by atoms with Crippen molar-refractivity contribution in [2.75, 3.05) is 0 Å². The quantitative estimate of drug-likeness (QED) is 0.274. The van der Waals surface area contributed by atoms with Gasteiger partial charge in [-0.1, -0.05) is 53.4 Å². The van der Waals surface area contributed by atoms with Crippen molar-refractivity contribution in [1.82, 2.24) is 0 Å². The molecule has 148 valence electrons. The Bertz CT molecular complexity index is 352. The van der Waals surface area contributed by atoms with Crippen LogP contribution in [0.4, 0.5) is 0 Å². The van der Waals surface area contributed by atoms with Gasteiger partial charge in [0, 0.05) is 12.8 Å². The van der Waals surface area contributed by atoms with Crippen LogP contribution in [0.2, 0.25) is 0 Å². The highest BCUT2D eigenvalue weighted by Crippen LogP contribution is 2.14. The van der Waals surface area contributed by atoms with E-state index in [-0.39, 0.29) is 24.1 Å². The van der Waals surface area contributed by atoms with E-state index < -0.39 is 0 Å². The predicted octanol–water partition coefficient (Wildman–Crippen LogP) is 5.82. The summed E-state index contributed by atoms with van der Waals surface area (Å²) in [6.07, 6.45) is 9.45. The molecular formula is C21H40O4. The van der Waals surface area contributed by atoms with Crippen molar-refractivity contribution in [3.8, 4) is 0 Å². The molecule has 0 fully saturated rings. The maximum atomic E-state index is 11.9. The minimum absolute atomic E-state index is 0.0129. The van der Waals surface area contributed by atoms with Gasteiger partial charge in [-0.3, -0.25) is 9.59 Å². The molecule has 0 heterocycles. The Kier molecular flexibility index (Phi) is 14.6. The summed E-state index contributed by atoms with van der Waals surface area (Å²) < 4.78 is 11.0. The number of esters is 2. The van der Waals surface area contributed by atoms with Crippen molar-refractivity contribution in [2.24, 2.45) is 5.92 Å². The summed E-state index contributed by atoms with van der Waals surface area (Å²) in [4.78, 5) is 23.7. The van der Waals surface area contributed by atoms with Gasteiger partial charge < -0.3 is 9.47 Å². The topological polar surface area (TPSA) is 52.6 Å². The van der Waals surface area contributed by atoms with Crippen LogP contribution in [-0.2, 0) is 19.1 Å². The van der Waals surface area contributed by atoms with Crippen LogP contribution < -0.4 is 0 Å². The number of hydrogen-bond acceptors (Lipinski definition) is 4. The normalized spacial score (nSPS) is 13.5. The van der Waals surface area contributed by atoms with E-state index in [0.29, 0.717) is 18.8 Å². The molecule has 0 N–H and O–H groups in total. The third-order valence-corrected chi connectivity index (χ3v) is 4.19. The monoisotopic (exact) mass is 356 g/mol. The molecule has 0 spiro atoms. The Hall–Kier alpha value is -1.06. The van der Waals surface area contributed by atoms with Crippen molar-refractivity contribution in [1.29, 1.82) is 0 Å². The Morgan fingerprint density at radius 2 is 1.36 bits per heavy atom. The molecule has 4 heteroatoms. The van der Waals surface area contributed by atoms with Gasteiger partial charge in [0.2, 0.25) is 0 Å². The minimum Gasteiger partial charge on any atom is -0.463 e. The molecule has 25 heavy (non-hydrogen) atoms. The standard InChI is InChI=1S/C21H40O4/c1-6-8-13-19(12-7-2)25-21(23)15-11-9-10-14-20(22)24-18(5)16-17(3)4/h17-19H,6-16H2,1-5H3. The summed E-state index contributed by atoms with van der Waals surface area (Å²) in [5, 5.41) is 0. The van der Waals surface area contributed by atoms with Gasteiger partial charge in [0.05, 0.1) is 6.10 Å². The van der Waals surface area contributed by atoms with Crippen molar-refractivity contribution in [3.63, 3.8) is 0 Å². The first-order valence-electron chi connectivity index (χ1n) is 10.3. The average molecular weight is 357 g/mol. The number of hydrogen-bond donors (Lipinski definition) is 0. The molecule has 0 rings (SSSR count). The zero-order valence-electron chi connectivity index (χ0n) is 17.1. The highest BCUT2D eigenvalue weighted by Gasteiger charge is 2.14. The molecule has 2 unspecified atom stereocenters. The maximum absolute atomic E-state index is 11.9. The first kappa shape index (κ1) is 23.9. The molecular weight excluding hydrogens is 316 g/mol. The molecule has 0 aromatic carbocycles. The summed E-state index contributed by atoms with van der Waals surface area (Å²) in [6.45, 7) is 10.5. The largest absolute Gasteiger partial charge is 0.463 e. The molecule has 0 aliphatic carbocycles. The zero-order valence-corrected chi connectivity index (χ0v) is 17.1. The third kappa shape index (κ3) is 14.9.